The summed E-state index contributed by atoms with van der Waals surface area (Å²) >= 11 is 0. The smallest absolute Gasteiger partial charge is 0.212 e. The van der Waals surface area contributed by atoms with Gasteiger partial charge < -0.3 is 0 Å². The summed E-state index contributed by atoms with van der Waals surface area (Å²) in [5, 5.41) is 0. The summed E-state index contributed by atoms with van der Waals surface area (Å²) in [5.74, 6) is 1.17. The van der Waals surface area contributed by atoms with Crippen LogP contribution in [0.5, 0.6) is 0 Å². The maximum Gasteiger partial charge on any atom is 0.236 e. The molecule has 0 radical (unpaired) electrons. The monoisotopic (exact) mass is 328 g/mol. The summed E-state index contributed by atoms with van der Waals surface area (Å²) in [7, 11) is 1.93. The van der Waals surface area contributed by atoms with Crippen molar-refractivity contribution in [3.05, 3.63) is 35.4 Å². The maximum atomic E-state index is 11.4. The second kappa shape index (κ2) is 6.29. The standard InChI is InChI=1S/C17H25ClO2S/c1-17(2,3)15-10-8-13(9-11-15)16-7-5-4-6-14(16)12-21(18,19)20/h4-7,13,15H,8-12H2,1-3H3. The lowest BCUT2D eigenvalue weighted by molar-refractivity contribution is 0.169. The van der Waals surface area contributed by atoms with E-state index >= 15 is 0 Å². The van der Waals surface area contributed by atoms with Gasteiger partial charge in [-0.15, -0.1) is 0 Å². The fraction of sp³-hybridized carbons (Fsp3) is 0.647. The first-order chi connectivity index (χ1) is 9.67. The molecule has 1 saturated carbocycles. The van der Waals surface area contributed by atoms with Crippen LogP contribution in [-0.2, 0) is 14.8 Å². The molecule has 1 aliphatic rings. The average molecular weight is 329 g/mol. The van der Waals surface area contributed by atoms with Crippen LogP contribution in [0.3, 0.4) is 0 Å². The van der Waals surface area contributed by atoms with E-state index in [-0.39, 0.29) is 5.75 Å². The van der Waals surface area contributed by atoms with Crippen molar-refractivity contribution >= 4 is 19.7 Å². The summed E-state index contributed by atoms with van der Waals surface area (Å²) in [6.07, 6.45) is 4.72. The molecule has 1 aromatic carbocycles. The molecule has 0 amide bonds. The maximum absolute atomic E-state index is 11.4. The summed E-state index contributed by atoms with van der Waals surface area (Å²) in [5.41, 5.74) is 2.41. The Morgan fingerprint density at radius 2 is 1.67 bits per heavy atom. The van der Waals surface area contributed by atoms with Crippen LogP contribution in [0, 0.1) is 11.3 Å². The molecule has 0 saturated heterocycles. The Hall–Kier alpha value is -0.540. The molecular formula is C17H25ClO2S. The minimum atomic E-state index is -3.50. The van der Waals surface area contributed by atoms with Gasteiger partial charge in [-0.2, -0.15) is 0 Å². The van der Waals surface area contributed by atoms with Gasteiger partial charge in [0, 0.05) is 10.7 Å². The van der Waals surface area contributed by atoms with Gasteiger partial charge in [0.05, 0.1) is 5.75 Å². The van der Waals surface area contributed by atoms with Crippen LogP contribution < -0.4 is 0 Å². The molecule has 0 N–H and O–H groups in total. The third-order valence-electron chi connectivity index (χ3n) is 4.77. The van der Waals surface area contributed by atoms with Gasteiger partial charge >= 0.3 is 0 Å². The van der Waals surface area contributed by atoms with E-state index in [1.165, 1.54) is 18.4 Å². The second-order valence-corrected chi connectivity index (χ2v) is 10.1. The minimum Gasteiger partial charge on any atom is -0.212 e. The van der Waals surface area contributed by atoms with E-state index in [1.54, 1.807) is 0 Å². The third kappa shape index (κ3) is 4.72. The molecule has 2 nitrogen and oxygen atoms in total. The van der Waals surface area contributed by atoms with Gasteiger partial charge in [0.2, 0.25) is 9.05 Å². The average Bonchev–Trinajstić information content (AvgIpc) is 2.37. The van der Waals surface area contributed by atoms with E-state index in [2.05, 4.69) is 26.8 Å². The molecule has 0 unspecified atom stereocenters. The fourth-order valence-electron chi connectivity index (χ4n) is 3.52. The topological polar surface area (TPSA) is 34.1 Å². The minimum absolute atomic E-state index is 0.0655. The van der Waals surface area contributed by atoms with Crippen molar-refractivity contribution in [3.8, 4) is 0 Å². The Balaban J connectivity index is 2.14. The largest absolute Gasteiger partial charge is 0.236 e. The van der Waals surface area contributed by atoms with Crippen LogP contribution in [0.1, 0.15) is 63.5 Å². The summed E-state index contributed by atoms with van der Waals surface area (Å²) < 4.78 is 22.8. The van der Waals surface area contributed by atoms with Crippen LogP contribution in [0.4, 0.5) is 0 Å². The van der Waals surface area contributed by atoms with E-state index in [0.717, 1.165) is 24.3 Å². The summed E-state index contributed by atoms with van der Waals surface area (Å²) in [6, 6.07) is 7.85. The van der Waals surface area contributed by atoms with Gasteiger partial charge in [-0.05, 0) is 54.1 Å². The lowest BCUT2D eigenvalue weighted by Crippen LogP contribution is -2.25. The zero-order valence-corrected chi connectivity index (χ0v) is 14.7. The molecule has 0 atom stereocenters. The van der Waals surface area contributed by atoms with Gasteiger partial charge in [0.1, 0.15) is 0 Å². The molecule has 0 bridgehead atoms. The Labute approximate surface area is 133 Å². The quantitative estimate of drug-likeness (QED) is 0.725. The SMILES string of the molecule is CC(C)(C)C1CCC(c2ccccc2CS(=O)(=O)Cl)CC1. The molecule has 1 aromatic rings. The van der Waals surface area contributed by atoms with Gasteiger partial charge in [-0.1, -0.05) is 45.0 Å². The molecule has 0 aromatic heterocycles. The lowest BCUT2D eigenvalue weighted by Gasteiger charge is -2.37. The molecule has 0 heterocycles. The van der Waals surface area contributed by atoms with Crippen molar-refractivity contribution in [3.63, 3.8) is 0 Å². The number of hydrogen-bond acceptors (Lipinski definition) is 2. The van der Waals surface area contributed by atoms with Crippen molar-refractivity contribution in [2.24, 2.45) is 11.3 Å². The first-order valence-electron chi connectivity index (χ1n) is 7.67. The molecule has 2 rings (SSSR count). The Morgan fingerprint density at radius 3 is 2.19 bits per heavy atom. The normalized spacial score (nSPS) is 24.0. The number of hydrogen-bond donors (Lipinski definition) is 0. The van der Waals surface area contributed by atoms with Gasteiger partial charge in [-0.3, -0.25) is 0 Å². The predicted octanol–water partition coefficient (Wildman–Crippen LogP) is 5.08. The molecule has 1 fully saturated rings. The number of rotatable bonds is 3. The van der Waals surface area contributed by atoms with Gasteiger partial charge in [0.15, 0.2) is 0 Å². The van der Waals surface area contributed by atoms with E-state index in [1.807, 2.05) is 18.2 Å². The zero-order valence-electron chi connectivity index (χ0n) is 13.1. The third-order valence-corrected chi connectivity index (χ3v) is 5.76. The number of benzene rings is 1. The molecule has 21 heavy (non-hydrogen) atoms. The van der Waals surface area contributed by atoms with E-state index in [4.69, 9.17) is 10.7 Å². The Kier molecular flexibility index (Phi) is 5.04. The Bertz CT molecular complexity index is 579. The molecule has 1 aliphatic carbocycles. The molecule has 118 valence electrons. The van der Waals surface area contributed by atoms with Crippen molar-refractivity contribution < 1.29 is 8.42 Å². The van der Waals surface area contributed by atoms with Crippen LogP contribution in [0.25, 0.3) is 0 Å². The lowest BCUT2D eigenvalue weighted by atomic mass is 9.68. The summed E-state index contributed by atoms with van der Waals surface area (Å²) in [6.45, 7) is 6.93. The Morgan fingerprint density at radius 1 is 1.10 bits per heavy atom. The van der Waals surface area contributed by atoms with Gasteiger partial charge in [-0.25, -0.2) is 8.42 Å². The van der Waals surface area contributed by atoms with Crippen LogP contribution in [0.2, 0.25) is 0 Å². The second-order valence-electron chi connectivity index (χ2n) is 7.30. The zero-order chi connectivity index (χ0) is 15.7. The van der Waals surface area contributed by atoms with E-state index in [0.29, 0.717) is 11.3 Å². The highest BCUT2D eigenvalue weighted by Gasteiger charge is 2.31. The number of halogens is 1. The van der Waals surface area contributed by atoms with Crippen molar-refractivity contribution in [2.75, 3.05) is 0 Å². The van der Waals surface area contributed by atoms with Crippen molar-refractivity contribution in [1.82, 2.24) is 0 Å². The predicted molar refractivity (Wildman–Crippen MR) is 89.1 cm³/mol. The molecule has 0 spiro atoms. The first-order valence-corrected chi connectivity index (χ1v) is 10.1. The highest BCUT2D eigenvalue weighted by molar-refractivity contribution is 8.13. The van der Waals surface area contributed by atoms with E-state index < -0.39 is 9.05 Å². The van der Waals surface area contributed by atoms with Crippen LogP contribution >= 0.6 is 10.7 Å². The van der Waals surface area contributed by atoms with Crippen LogP contribution in [0.15, 0.2) is 24.3 Å². The van der Waals surface area contributed by atoms with Crippen LogP contribution in [-0.4, -0.2) is 8.42 Å². The van der Waals surface area contributed by atoms with Crippen molar-refractivity contribution in [2.45, 2.75) is 58.1 Å². The van der Waals surface area contributed by atoms with Crippen molar-refractivity contribution in [1.29, 1.82) is 0 Å². The summed E-state index contributed by atoms with van der Waals surface area (Å²) in [4.78, 5) is 0. The first kappa shape index (κ1) is 16.8. The molecule has 0 aliphatic heterocycles. The highest BCUT2D eigenvalue weighted by atomic mass is 35.7. The van der Waals surface area contributed by atoms with E-state index in [9.17, 15) is 8.42 Å². The fourth-order valence-corrected chi connectivity index (χ4v) is 4.51. The van der Waals surface area contributed by atoms with Gasteiger partial charge in [0.25, 0.3) is 0 Å². The molecule has 4 heteroatoms. The molecular weight excluding hydrogens is 304 g/mol. The highest BCUT2D eigenvalue weighted by Crippen LogP contribution is 2.43.